The van der Waals surface area contributed by atoms with E-state index in [4.69, 9.17) is 4.74 Å². The van der Waals surface area contributed by atoms with Gasteiger partial charge in [-0.1, -0.05) is 37.3 Å². The summed E-state index contributed by atoms with van der Waals surface area (Å²) in [6, 6.07) is 11.8. The van der Waals surface area contributed by atoms with Crippen LogP contribution in [0.3, 0.4) is 0 Å². The maximum atomic E-state index is 11.7. The summed E-state index contributed by atoms with van der Waals surface area (Å²) >= 11 is 1.84. The van der Waals surface area contributed by atoms with Crippen LogP contribution in [0.2, 0.25) is 0 Å². The van der Waals surface area contributed by atoms with Gasteiger partial charge in [-0.2, -0.15) is 11.8 Å². The lowest BCUT2D eigenvalue weighted by Crippen LogP contribution is -2.05. The van der Waals surface area contributed by atoms with E-state index >= 15 is 0 Å². The van der Waals surface area contributed by atoms with Crippen LogP contribution >= 0.6 is 11.8 Å². The van der Waals surface area contributed by atoms with E-state index in [9.17, 15) is 4.79 Å². The van der Waals surface area contributed by atoms with Crippen LogP contribution in [0.1, 0.15) is 24.2 Å². The zero-order valence-corrected chi connectivity index (χ0v) is 12.1. The van der Waals surface area contributed by atoms with Gasteiger partial charge in [-0.3, -0.25) is 4.79 Å². The van der Waals surface area contributed by atoms with Gasteiger partial charge in [-0.25, -0.2) is 0 Å². The van der Waals surface area contributed by atoms with Crippen LogP contribution in [0, 0.1) is 0 Å². The molecule has 0 amide bonds. The van der Waals surface area contributed by atoms with Crippen molar-refractivity contribution < 1.29 is 9.53 Å². The Balaban J connectivity index is 2.35. The van der Waals surface area contributed by atoms with Crippen LogP contribution in [-0.4, -0.2) is 23.9 Å². The summed E-state index contributed by atoms with van der Waals surface area (Å²) in [5.41, 5.74) is 0.667. The molecule has 0 aliphatic carbocycles. The Morgan fingerprint density at radius 3 is 2.74 bits per heavy atom. The number of Topliss-reactive ketones (excluding diaryl/α,β-unsaturated/α-hetero) is 1. The van der Waals surface area contributed by atoms with Crippen LogP contribution in [0.5, 0.6) is 5.75 Å². The molecule has 2 aromatic rings. The van der Waals surface area contributed by atoms with Crippen LogP contribution in [0.4, 0.5) is 0 Å². The van der Waals surface area contributed by atoms with Gasteiger partial charge in [0.15, 0.2) is 5.78 Å². The molecule has 0 saturated carbocycles. The van der Waals surface area contributed by atoms with E-state index in [0.29, 0.717) is 12.2 Å². The molecule has 0 N–H and O–H groups in total. The Bertz CT molecular complexity index is 578. The Hall–Kier alpha value is -1.48. The highest BCUT2D eigenvalue weighted by Crippen LogP contribution is 2.30. The van der Waals surface area contributed by atoms with Gasteiger partial charge in [0.25, 0.3) is 0 Å². The lowest BCUT2D eigenvalue weighted by Gasteiger charge is -2.12. The Morgan fingerprint density at radius 1 is 1.21 bits per heavy atom. The topological polar surface area (TPSA) is 26.3 Å². The third kappa shape index (κ3) is 3.29. The van der Waals surface area contributed by atoms with Crippen molar-refractivity contribution in [2.75, 3.05) is 18.1 Å². The van der Waals surface area contributed by atoms with Gasteiger partial charge >= 0.3 is 0 Å². The zero-order chi connectivity index (χ0) is 13.7. The van der Waals surface area contributed by atoms with Crippen molar-refractivity contribution in [1.29, 1.82) is 0 Å². The fourth-order valence-electron chi connectivity index (χ4n) is 2.02. The first-order valence-corrected chi connectivity index (χ1v) is 7.62. The molecular weight excluding hydrogens is 256 g/mol. The number of thioether (sulfide) groups is 1. The van der Waals surface area contributed by atoms with Gasteiger partial charge in [0.2, 0.25) is 0 Å². The number of hydrogen-bond acceptors (Lipinski definition) is 3. The van der Waals surface area contributed by atoms with E-state index in [1.807, 2.05) is 48.2 Å². The quantitative estimate of drug-likeness (QED) is 0.584. The number of carbonyl (C=O) groups is 1. The van der Waals surface area contributed by atoms with Gasteiger partial charge in [0.05, 0.1) is 12.2 Å². The van der Waals surface area contributed by atoms with Gasteiger partial charge < -0.3 is 4.74 Å². The van der Waals surface area contributed by atoms with Crippen molar-refractivity contribution in [3.05, 3.63) is 42.0 Å². The highest BCUT2D eigenvalue weighted by molar-refractivity contribution is 7.99. The minimum absolute atomic E-state index is 0.0453. The normalized spacial score (nSPS) is 10.6. The van der Waals surface area contributed by atoms with Crippen LogP contribution in [-0.2, 0) is 0 Å². The van der Waals surface area contributed by atoms with Crippen LogP contribution < -0.4 is 4.74 Å². The number of hydrogen-bond donors (Lipinski definition) is 0. The molecular formula is C16H18O2S. The first kappa shape index (κ1) is 13.9. The molecule has 19 heavy (non-hydrogen) atoms. The molecule has 2 nitrogen and oxygen atoms in total. The average Bonchev–Trinajstić information content (AvgIpc) is 2.43. The summed E-state index contributed by atoms with van der Waals surface area (Å²) in [5.74, 6) is 2.79. The standard InChI is InChI=1S/C16H18O2S/c1-3-19-11-10-18-16-14(12(2)17)9-8-13-6-4-5-7-15(13)16/h4-9H,3,10-11H2,1-2H3. The Kier molecular flexibility index (Phi) is 4.86. The highest BCUT2D eigenvalue weighted by Gasteiger charge is 2.12. The summed E-state index contributed by atoms with van der Waals surface area (Å²) < 4.78 is 5.87. The maximum Gasteiger partial charge on any atom is 0.163 e. The molecule has 0 aromatic heterocycles. The molecule has 3 heteroatoms. The first-order valence-electron chi connectivity index (χ1n) is 6.47. The van der Waals surface area contributed by atoms with Crippen molar-refractivity contribution in [1.82, 2.24) is 0 Å². The van der Waals surface area contributed by atoms with Gasteiger partial charge in [0.1, 0.15) is 5.75 Å². The second-order valence-corrected chi connectivity index (χ2v) is 5.66. The number of rotatable bonds is 6. The minimum Gasteiger partial charge on any atom is -0.491 e. The number of carbonyl (C=O) groups excluding carboxylic acids is 1. The molecule has 0 fully saturated rings. The monoisotopic (exact) mass is 274 g/mol. The molecule has 100 valence electrons. The maximum absolute atomic E-state index is 11.7. The number of fused-ring (bicyclic) bond motifs is 1. The van der Waals surface area contributed by atoms with Crippen molar-refractivity contribution >= 4 is 28.3 Å². The van der Waals surface area contributed by atoms with Gasteiger partial charge in [-0.15, -0.1) is 0 Å². The third-order valence-electron chi connectivity index (χ3n) is 2.94. The van der Waals surface area contributed by atoms with Crippen LogP contribution in [0.25, 0.3) is 10.8 Å². The van der Waals surface area contributed by atoms with Crippen molar-refractivity contribution in [2.45, 2.75) is 13.8 Å². The molecule has 0 heterocycles. The second kappa shape index (κ2) is 6.62. The average molecular weight is 274 g/mol. The SMILES string of the molecule is CCSCCOc1c(C(C)=O)ccc2ccccc12. The molecule has 0 aliphatic rings. The minimum atomic E-state index is 0.0453. The molecule has 0 spiro atoms. The van der Waals surface area contributed by atoms with E-state index in [-0.39, 0.29) is 5.78 Å². The summed E-state index contributed by atoms with van der Waals surface area (Å²) in [6.45, 7) is 4.34. The molecule has 0 unspecified atom stereocenters. The fraction of sp³-hybridized carbons (Fsp3) is 0.312. The highest BCUT2D eigenvalue weighted by atomic mass is 32.2. The first-order chi connectivity index (χ1) is 9.24. The van der Waals surface area contributed by atoms with E-state index in [1.165, 1.54) is 0 Å². The number of ketones is 1. The molecule has 0 aliphatic heterocycles. The molecule has 0 atom stereocenters. The summed E-state index contributed by atoms with van der Waals surface area (Å²) in [6.07, 6.45) is 0. The smallest absolute Gasteiger partial charge is 0.163 e. The predicted molar refractivity (Wildman–Crippen MR) is 82.4 cm³/mol. The summed E-state index contributed by atoms with van der Waals surface area (Å²) in [5, 5.41) is 2.11. The number of benzene rings is 2. The summed E-state index contributed by atoms with van der Waals surface area (Å²) in [7, 11) is 0. The Morgan fingerprint density at radius 2 is 2.00 bits per heavy atom. The zero-order valence-electron chi connectivity index (χ0n) is 11.3. The van der Waals surface area contributed by atoms with Crippen LogP contribution in [0.15, 0.2) is 36.4 Å². The van der Waals surface area contributed by atoms with Gasteiger partial charge in [-0.05, 0) is 24.1 Å². The lowest BCUT2D eigenvalue weighted by atomic mass is 10.0. The molecule has 0 saturated heterocycles. The molecule has 0 bridgehead atoms. The fourth-order valence-corrected chi connectivity index (χ4v) is 2.51. The van der Waals surface area contributed by atoms with E-state index in [1.54, 1.807) is 6.92 Å². The Labute approximate surface area is 118 Å². The summed E-state index contributed by atoms with van der Waals surface area (Å²) in [4.78, 5) is 11.7. The van der Waals surface area contributed by atoms with E-state index in [0.717, 1.165) is 28.0 Å². The number of ether oxygens (including phenoxy) is 1. The van der Waals surface area contributed by atoms with Crippen molar-refractivity contribution in [3.63, 3.8) is 0 Å². The predicted octanol–water partition coefficient (Wildman–Crippen LogP) is 4.17. The van der Waals surface area contributed by atoms with Gasteiger partial charge in [0, 0.05) is 11.1 Å². The van der Waals surface area contributed by atoms with Crippen molar-refractivity contribution in [2.24, 2.45) is 0 Å². The third-order valence-corrected chi connectivity index (χ3v) is 3.80. The molecule has 2 rings (SSSR count). The molecule has 0 radical (unpaired) electrons. The van der Waals surface area contributed by atoms with E-state index < -0.39 is 0 Å². The second-order valence-electron chi connectivity index (χ2n) is 4.26. The largest absolute Gasteiger partial charge is 0.491 e. The molecule has 2 aromatic carbocycles. The van der Waals surface area contributed by atoms with Crippen molar-refractivity contribution in [3.8, 4) is 5.75 Å². The van der Waals surface area contributed by atoms with E-state index in [2.05, 4.69) is 6.92 Å². The lowest BCUT2D eigenvalue weighted by molar-refractivity contribution is 0.101.